The van der Waals surface area contributed by atoms with Gasteiger partial charge in [0.05, 0.1) is 6.10 Å². The summed E-state index contributed by atoms with van der Waals surface area (Å²) in [4.78, 5) is 10.1. The molecule has 0 bridgehead atoms. The lowest BCUT2D eigenvalue weighted by atomic mass is 9.47. The molecule has 4 aliphatic carbocycles. The van der Waals surface area contributed by atoms with Gasteiger partial charge in [0.25, 0.3) is 0 Å². The fourth-order valence-electron chi connectivity index (χ4n) is 9.90. The lowest BCUT2D eigenvalue weighted by molar-refractivity contribution is -0.137. The highest BCUT2D eigenvalue weighted by atomic mass is 16.4. The van der Waals surface area contributed by atoms with Crippen LogP contribution in [0.4, 0.5) is 0 Å². The van der Waals surface area contributed by atoms with E-state index in [1.165, 1.54) is 89.9 Å². The number of fused-ring (bicyclic) bond motifs is 5. The number of carbonyl (C=O) groups is 1. The first-order valence-corrected chi connectivity index (χ1v) is 17.6. The van der Waals surface area contributed by atoms with Gasteiger partial charge in [0, 0.05) is 6.42 Å². The minimum atomic E-state index is -0.663. The molecule has 3 fully saturated rings. The number of carboxylic acid groups (broad SMARTS) is 1. The van der Waals surface area contributed by atoms with Gasteiger partial charge in [-0.2, -0.15) is 0 Å². The average Bonchev–Trinajstić information content (AvgIpc) is 3.26. The van der Waals surface area contributed by atoms with Gasteiger partial charge in [-0.3, -0.25) is 4.79 Å². The first-order valence-electron chi connectivity index (χ1n) is 17.6. The van der Waals surface area contributed by atoms with Gasteiger partial charge < -0.3 is 10.2 Å². The van der Waals surface area contributed by atoms with E-state index in [-0.39, 0.29) is 6.10 Å². The molecule has 40 heavy (non-hydrogen) atoms. The molecule has 3 saturated carbocycles. The van der Waals surface area contributed by atoms with Crippen molar-refractivity contribution in [2.24, 2.45) is 46.3 Å². The third kappa shape index (κ3) is 8.38. The van der Waals surface area contributed by atoms with Crippen LogP contribution in [0.5, 0.6) is 0 Å². The van der Waals surface area contributed by atoms with Gasteiger partial charge in [-0.05, 0) is 104 Å². The summed E-state index contributed by atoms with van der Waals surface area (Å²) in [5.41, 5.74) is 2.60. The molecule has 3 nitrogen and oxygen atoms in total. The number of rotatable bonds is 13. The monoisotopic (exact) mass is 559 g/mol. The van der Waals surface area contributed by atoms with Crippen LogP contribution in [-0.2, 0) is 4.79 Å². The normalized spacial score (nSPS) is 35.6. The highest BCUT2D eigenvalue weighted by Crippen LogP contribution is 2.67. The zero-order chi connectivity index (χ0) is 29.3. The largest absolute Gasteiger partial charge is 0.481 e. The summed E-state index contributed by atoms with van der Waals surface area (Å²) in [5.74, 6) is 4.79. The molecule has 0 unspecified atom stereocenters. The third-order valence-corrected chi connectivity index (χ3v) is 12.3. The topological polar surface area (TPSA) is 57.5 Å². The highest BCUT2D eigenvalue weighted by molar-refractivity contribution is 5.66. The summed E-state index contributed by atoms with van der Waals surface area (Å²) in [5, 5.41) is 18.6. The molecule has 0 amide bonds. The maximum absolute atomic E-state index is 10.2. The van der Waals surface area contributed by atoms with Crippen molar-refractivity contribution in [2.45, 2.75) is 170 Å². The Balaban J connectivity index is 0.000000312. The molecule has 0 aromatic rings. The molecule has 0 aromatic heterocycles. The van der Waals surface area contributed by atoms with Gasteiger partial charge in [-0.1, -0.05) is 111 Å². The smallest absolute Gasteiger partial charge is 0.303 e. The van der Waals surface area contributed by atoms with E-state index in [0.29, 0.717) is 17.3 Å². The molecule has 0 aliphatic heterocycles. The molecule has 4 aliphatic rings. The molecular formula is C37H66O3. The zero-order valence-corrected chi connectivity index (χ0v) is 27.4. The fourth-order valence-corrected chi connectivity index (χ4v) is 9.90. The second kappa shape index (κ2) is 15.6. The van der Waals surface area contributed by atoms with Crippen molar-refractivity contribution < 1.29 is 15.0 Å². The number of aliphatic carboxylic acids is 1. The molecule has 0 spiro atoms. The third-order valence-electron chi connectivity index (χ3n) is 12.3. The van der Waals surface area contributed by atoms with Gasteiger partial charge >= 0.3 is 5.97 Å². The van der Waals surface area contributed by atoms with E-state index in [9.17, 15) is 9.90 Å². The summed E-state index contributed by atoms with van der Waals surface area (Å²) >= 11 is 0. The van der Waals surface area contributed by atoms with Gasteiger partial charge in [0.15, 0.2) is 0 Å². The Bertz CT molecular complexity index is 801. The standard InChI is InChI=1S/C27H46O.C10H20O2/c1-18(2)7-6-8-19(3)23-11-12-24-22-10-9-20-17-21(28)13-15-26(20,4)25(22)14-16-27(23,24)5;1-2-3-4-5-6-7-8-9-10(11)12/h9,18-19,21-25,28H,6-8,10-17H2,1-5H3;2-9H2,1H3,(H,11,12)/t19-,21+,22+,23-,24+,25+,26+,27-;/m1./s1. The Labute approximate surface area is 248 Å². The van der Waals surface area contributed by atoms with Crippen molar-refractivity contribution in [2.75, 3.05) is 0 Å². The molecule has 3 heteroatoms. The maximum Gasteiger partial charge on any atom is 0.303 e. The van der Waals surface area contributed by atoms with Crippen molar-refractivity contribution in [1.82, 2.24) is 0 Å². The lowest BCUT2D eigenvalue weighted by Crippen LogP contribution is -2.50. The minimum absolute atomic E-state index is 0.0766. The Morgan fingerprint density at radius 2 is 1.60 bits per heavy atom. The molecule has 8 atom stereocenters. The predicted octanol–water partition coefficient (Wildman–Crippen LogP) is 10.6. The van der Waals surface area contributed by atoms with Crippen LogP contribution in [0.2, 0.25) is 0 Å². The number of carboxylic acids is 1. The number of hydrogen-bond donors (Lipinski definition) is 2. The van der Waals surface area contributed by atoms with Crippen LogP contribution in [0.25, 0.3) is 0 Å². The number of allylic oxidation sites excluding steroid dienone is 1. The van der Waals surface area contributed by atoms with E-state index < -0.39 is 5.97 Å². The first kappa shape index (κ1) is 33.7. The summed E-state index contributed by atoms with van der Waals surface area (Å²) in [7, 11) is 0. The van der Waals surface area contributed by atoms with Gasteiger partial charge in [-0.25, -0.2) is 0 Å². The molecule has 0 aromatic carbocycles. The van der Waals surface area contributed by atoms with E-state index >= 15 is 0 Å². The summed E-state index contributed by atoms with van der Waals surface area (Å²) in [6.07, 6.45) is 25.8. The van der Waals surface area contributed by atoms with Crippen LogP contribution in [0.15, 0.2) is 11.6 Å². The van der Waals surface area contributed by atoms with Crippen molar-refractivity contribution >= 4 is 5.97 Å². The van der Waals surface area contributed by atoms with Crippen molar-refractivity contribution in [3.8, 4) is 0 Å². The van der Waals surface area contributed by atoms with E-state index in [4.69, 9.17) is 5.11 Å². The van der Waals surface area contributed by atoms with Gasteiger partial charge in [0.2, 0.25) is 0 Å². The molecule has 0 radical (unpaired) electrons. The predicted molar refractivity (Wildman–Crippen MR) is 169 cm³/mol. The van der Waals surface area contributed by atoms with Crippen molar-refractivity contribution in [3.63, 3.8) is 0 Å². The van der Waals surface area contributed by atoms with Crippen LogP contribution in [0.3, 0.4) is 0 Å². The Morgan fingerprint density at radius 3 is 2.27 bits per heavy atom. The fraction of sp³-hybridized carbons (Fsp3) is 0.919. The summed E-state index contributed by atoms with van der Waals surface area (Å²) < 4.78 is 0. The Kier molecular flexibility index (Phi) is 13.1. The van der Waals surface area contributed by atoms with Gasteiger partial charge in [-0.15, -0.1) is 0 Å². The van der Waals surface area contributed by atoms with E-state index in [1.54, 1.807) is 5.57 Å². The van der Waals surface area contributed by atoms with Crippen LogP contribution >= 0.6 is 0 Å². The van der Waals surface area contributed by atoms with Gasteiger partial charge in [0.1, 0.15) is 0 Å². The van der Waals surface area contributed by atoms with E-state index in [1.807, 2.05) is 0 Å². The van der Waals surface area contributed by atoms with Crippen molar-refractivity contribution in [3.05, 3.63) is 11.6 Å². The summed E-state index contributed by atoms with van der Waals surface area (Å²) in [6, 6.07) is 0. The molecule has 2 N–H and O–H groups in total. The van der Waals surface area contributed by atoms with Crippen molar-refractivity contribution in [1.29, 1.82) is 0 Å². The van der Waals surface area contributed by atoms with Crippen LogP contribution in [0.1, 0.15) is 164 Å². The number of aliphatic hydroxyl groups excluding tert-OH is 1. The first-order chi connectivity index (χ1) is 19.0. The summed E-state index contributed by atoms with van der Waals surface area (Å²) in [6.45, 7) is 14.8. The number of unbranched alkanes of at least 4 members (excludes halogenated alkanes) is 6. The van der Waals surface area contributed by atoms with Crippen LogP contribution in [0, 0.1) is 46.3 Å². The highest BCUT2D eigenvalue weighted by Gasteiger charge is 2.59. The minimum Gasteiger partial charge on any atom is -0.481 e. The Hall–Kier alpha value is -0.830. The second-order valence-corrected chi connectivity index (χ2v) is 15.5. The zero-order valence-electron chi connectivity index (χ0n) is 27.4. The van der Waals surface area contributed by atoms with Crippen LogP contribution < -0.4 is 0 Å². The lowest BCUT2D eigenvalue weighted by Gasteiger charge is -2.58. The second-order valence-electron chi connectivity index (χ2n) is 15.5. The molecule has 4 rings (SSSR count). The number of aliphatic hydroxyl groups is 1. The maximum atomic E-state index is 10.2. The quantitative estimate of drug-likeness (QED) is 0.175. The SMILES string of the molecule is CC(C)CCC[C@@H](C)[C@H]1CC[C@H]2[C@@H]3CC=C4C[C@@H](O)CC[C@]4(C)[C@H]3CC[C@]12C.CCCCCCCCCC(=O)O. The Morgan fingerprint density at radius 1 is 0.900 bits per heavy atom. The molecular weight excluding hydrogens is 492 g/mol. The number of hydrogen-bond acceptors (Lipinski definition) is 2. The van der Waals surface area contributed by atoms with E-state index in [2.05, 4.69) is 47.6 Å². The van der Waals surface area contributed by atoms with E-state index in [0.717, 1.165) is 61.2 Å². The molecule has 0 saturated heterocycles. The molecule has 232 valence electrons. The average molecular weight is 559 g/mol. The molecule has 0 heterocycles. The van der Waals surface area contributed by atoms with Crippen LogP contribution in [-0.4, -0.2) is 22.3 Å².